The lowest BCUT2D eigenvalue weighted by Crippen LogP contribution is -2.54. The first kappa shape index (κ1) is 25.6. The highest BCUT2D eigenvalue weighted by atomic mass is 16.7. The number of ether oxygens (including phenoxy) is 2. The molecule has 1 aliphatic rings. The smallest absolute Gasteiger partial charge is 0.217 e. The molecule has 13 nitrogen and oxygen atoms in total. The van der Waals surface area contributed by atoms with E-state index in [9.17, 15) is 40.2 Å². The highest BCUT2D eigenvalue weighted by Crippen LogP contribution is 2.25. The Morgan fingerprint density at radius 3 is 2.14 bits per heavy atom. The van der Waals surface area contributed by atoms with Gasteiger partial charge in [0.15, 0.2) is 6.29 Å². The monoisotopic (exact) mass is 426 g/mol. The Balaban J connectivity index is 2.74. The van der Waals surface area contributed by atoms with Crippen LogP contribution < -0.4 is 10.6 Å². The van der Waals surface area contributed by atoms with Crippen LogP contribution >= 0.6 is 0 Å². The van der Waals surface area contributed by atoms with Crippen LogP contribution in [0, 0.1) is 0 Å². The molecule has 0 aromatic heterocycles. The van der Waals surface area contributed by atoms with Crippen molar-refractivity contribution in [2.75, 3.05) is 19.8 Å². The number of aliphatic hydroxyl groups is 7. The van der Waals surface area contributed by atoms with Crippen molar-refractivity contribution in [3.8, 4) is 0 Å². The van der Waals surface area contributed by atoms with Gasteiger partial charge >= 0.3 is 0 Å². The Bertz CT molecular complexity index is 537. The van der Waals surface area contributed by atoms with Gasteiger partial charge in [0.2, 0.25) is 11.8 Å². The van der Waals surface area contributed by atoms with Gasteiger partial charge in [-0.2, -0.15) is 0 Å². The number of amides is 2. The predicted molar refractivity (Wildman–Crippen MR) is 94.0 cm³/mol. The number of rotatable bonds is 11. The lowest BCUT2D eigenvalue weighted by molar-refractivity contribution is -0.189. The third-order valence-electron chi connectivity index (χ3n) is 4.40. The fourth-order valence-corrected chi connectivity index (χ4v) is 2.90. The summed E-state index contributed by atoms with van der Waals surface area (Å²) in [6.45, 7) is 0.260. The molecule has 1 rings (SSSR count). The van der Waals surface area contributed by atoms with E-state index in [1.807, 2.05) is 0 Å². The highest BCUT2D eigenvalue weighted by molar-refractivity contribution is 5.73. The molecule has 0 aromatic rings. The molecule has 0 saturated carbocycles. The van der Waals surface area contributed by atoms with Gasteiger partial charge in [0.25, 0.3) is 0 Å². The van der Waals surface area contributed by atoms with Crippen LogP contribution in [0.15, 0.2) is 0 Å². The normalized spacial score (nSPS) is 29.6. The summed E-state index contributed by atoms with van der Waals surface area (Å²) in [6.07, 6.45) is -10.8. The van der Waals surface area contributed by atoms with Crippen LogP contribution in [-0.2, 0) is 19.1 Å². The molecule has 0 bridgehead atoms. The van der Waals surface area contributed by atoms with Crippen LogP contribution in [0.5, 0.6) is 0 Å². The average Bonchev–Trinajstić information content (AvgIpc) is 2.97. The summed E-state index contributed by atoms with van der Waals surface area (Å²) < 4.78 is 10.6. The summed E-state index contributed by atoms with van der Waals surface area (Å²) in [4.78, 5) is 22.4. The topological polar surface area (TPSA) is 218 Å². The van der Waals surface area contributed by atoms with Gasteiger partial charge in [-0.05, 0) is 0 Å². The molecule has 9 atom stereocenters. The Kier molecular flexibility index (Phi) is 10.3. The molecule has 0 radical (unpaired) electrons. The van der Waals surface area contributed by atoms with E-state index in [0.717, 1.165) is 6.92 Å². The van der Waals surface area contributed by atoms with Gasteiger partial charge in [-0.15, -0.1) is 0 Å². The number of aliphatic hydroxyl groups excluding tert-OH is 7. The van der Waals surface area contributed by atoms with Crippen molar-refractivity contribution >= 4 is 11.8 Å². The molecule has 0 spiro atoms. The van der Waals surface area contributed by atoms with E-state index in [1.165, 1.54) is 6.92 Å². The van der Waals surface area contributed by atoms with Crippen LogP contribution in [0.1, 0.15) is 13.8 Å². The van der Waals surface area contributed by atoms with Crippen molar-refractivity contribution in [1.29, 1.82) is 0 Å². The van der Waals surface area contributed by atoms with Gasteiger partial charge in [-0.3, -0.25) is 9.59 Å². The molecule has 1 fully saturated rings. The van der Waals surface area contributed by atoms with Crippen molar-refractivity contribution in [3.05, 3.63) is 0 Å². The van der Waals surface area contributed by atoms with Gasteiger partial charge < -0.3 is 55.9 Å². The van der Waals surface area contributed by atoms with Crippen molar-refractivity contribution < 1.29 is 54.8 Å². The zero-order chi connectivity index (χ0) is 22.3. The number of nitrogens with one attached hydrogen (secondary N) is 2. The lowest BCUT2D eigenvalue weighted by Gasteiger charge is -2.29. The molecule has 0 aliphatic carbocycles. The van der Waals surface area contributed by atoms with Gasteiger partial charge in [0.05, 0.1) is 25.9 Å². The third kappa shape index (κ3) is 7.09. The van der Waals surface area contributed by atoms with Gasteiger partial charge in [0.1, 0.15) is 42.7 Å². The molecule has 9 N–H and O–H groups in total. The lowest BCUT2D eigenvalue weighted by atomic mass is 10.0. The van der Waals surface area contributed by atoms with Crippen LogP contribution in [0.4, 0.5) is 0 Å². The van der Waals surface area contributed by atoms with Crippen LogP contribution in [0.25, 0.3) is 0 Å². The number of hydrogen-bond acceptors (Lipinski definition) is 11. The van der Waals surface area contributed by atoms with Gasteiger partial charge in [-0.1, -0.05) is 0 Å². The molecule has 0 aromatic carbocycles. The molecule has 2 amide bonds. The van der Waals surface area contributed by atoms with E-state index in [0.29, 0.717) is 0 Å². The molecule has 0 unspecified atom stereocenters. The maximum atomic E-state index is 11.3. The van der Waals surface area contributed by atoms with E-state index in [-0.39, 0.29) is 0 Å². The first-order valence-corrected chi connectivity index (χ1v) is 8.96. The van der Waals surface area contributed by atoms with Crippen molar-refractivity contribution in [2.45, 2.75) is 68.8 Å². The van der Waals surface area contributed by atoms with Gasteiger partial charge in [-0.25, -0.2) is 0 Å². The number of carbonyl (C=O) groups is 2. The summed E-state index contributed by atoms with van der Waals surface area (Å²) in [5.41, 5.74) is 0. The van der Waals surface area contributed by atoms with Crippen molar-refractivity contribution in [1.82, 2.24) is 10.6 Å². The second kappa shape index (κ2) is 11.7. The zero-order valence-electron chi connectivity index (χ0n) is 16.1. The van der Waals surface area contributed by atoms with Gasteiger partial charge in [0, 0.05) is 13.8 Å². The third-order valence-corrected chi connectivity index (χ3v) is 4.40. The molecule has 1 saturated heterocycles. The molecule has 1 aliphatic heterocycles. The minimum atomic E-state index is -1.83. The second-order valence-electron chi connectivity index (χ2n) is 6.81. The SMILES string of the molecule is CC(=O)N[C@H]1[C@@H](OC[C@@H](O)[C@H](O)[C@H](O)[C@H](CO)NC(C)=O)O[C@@H]([C@H](O)CO)[C@@H]1O. The number of hydrogen-bond donors (Lipinski definition) is 9. The molecule has 29 heavy (non-hydrogen) atoms. The van der Waals surface area contributed by atoms with Crippen LogP contribution in [0.3, 0.4) is 0 Å². The average molecular weight is 426 g/mol. The van der Waals surface area contributed by atoms with Crippen molar-refractivity contribution in [2.24, 2.45) is 0 Å². The maximum absolute atomic E-state index is 11.3. The first-order valence-electron chi connectivity index (χ1n) is 8.96. The van der Waals surface area contributed by atoms with Crippen LogP contribution in [0.2, 0.25) is 0 Å². The summed E-state index contributed by atoms with van der Waals surface area (Å²) >= 11 is 0. The maximum Gasteiger partial charge on any atom is 0.217 e. The van der Waals surface area contributed by atoms with Crippen LogP contribution in [-0.4, -0.2) is 122 Å². The van der Waals surface area contributed by atoms with E-state index >= 15 is 0 Å². The summed E-state index contributed by atoms with van der Waals surface area (Å²) in [5.74, 6) is -1.11. The summed E-state index contributed by atoms with van der Waals surface area (Å²) in [5, 5.41) is 72.9. The molecule has 13 heteroatoms. The summed E-state index contributed by atoms with van der Waals surface area (Å²) in [6, 6.07) is -2.38. The Morgan fingerprint density at radius 2 is 1.66 bits per heavy atom. The minimum absolute atomic E-state index is 0.539. The molecular weight excluding hydrogens is 396 g/mol. The zero-order valence-corrected chi connectivity index (χ0v) is 16.1. The molecule has 170 valence electrons. The van der Waals surface area contributed by atoms with E-state index in [4.69, 9.17) is 14.6 Å². The quantitative estimate of drug-likeness (QED) is 0.152. The van der Waals surface area contributed by atoms with E-state index in [1.54, 1.807) is 0 Å². The fraction of sp³-hybridized carbons (Fsp3) is 0.875. The first-order chi connectivity index (χ1) is 13.5. The number of carbonyl (C=O) groups excluding carboxylic acids is 2. The minimum Gasteiger partial charge on any atom is -0.394 e. The summed E-state index contributed by atoms with van der Waals surface area (Å²) in [7, 11) is 0. The molecular formula is C16H30N2O11. The predicted octanol–water partition coefficient (Wildman–Crippen LogP) is -5.47. The largest absolute Gasteiger partial charge is 0.394 e. The van der Waals surface area contributed by atoms with Crippen molar-refractivity contribution in [3.63, 3.8) is 0 Å². The molecule has 1 heterocycles. The second-order valence-corrected chi connectivity index (χ2v) is 6.81. The van der Waals surface area contributed by atoms with E-state index in [2.05, 4.69) is 10.6 Å². The highest BCUT2D eigenvalue weighted by Gasteiger charge is 2.48. The fourth-order valence-electron chi connectivity index (χ4n) is 2.90. The Hall–Kier alpha value is -1.42. The van der Waals surface area contributed by atoms with E-state index < -0.39 is 86.6 Å². The Morgan fingerprint density at radius 1 is 1.03 bits per heavy atom. The Labute approximate surface area is 166 Å². The standard InChI is InChI=1S/C16H30N2O11/c1-6(21)17-8(3-19)12(25)13(26)10(24)5-28-16-11(18-7(2)22)14(27)15(29-16)9(23)4-20/h8-16,19-20,23-27H,3-5H2,1-2H3,(H,17,21)(H,18,22)/t8-,9+,10+,11+,12+,13-,14+,15-,16-/m0/s1.